The van der Waals surface area contributed by atoms with Crippen LogP contribution in [-0.2, 0) is 27.8 Å². The summed E-state index contributed by atoms with van der Waals surface area (Å²) < 4.78 is 28.0. The van der Waals surface area contributed by atoms with Crippen LogP contribution in [-0.4, -0.2) is 38.7 Å². The first-order valence-corrected chi connectivity index (χ1v) is 12.6. The van der Waals surface area contributed by atoms with E-state index in [9.17, 15) is 13.2 Å². The molecule has 0 radical (unpaired) electrons. The fourth-order valence-corrected chi connectivity index (χ4v) is 6.46. The number of allylic oxidation sites excluding steroid dienone is 1. The molecule has 1 fully saturated rings. The normalized spacial score (nSPS) is 25.0. The molecule has 156 valence electrons. The number of hydrogen-bond acceptors (Lipinski definition) is 5. The molecule has 0 aromatic heterocycles. The number of carbonyl (C=O) groups is 1. The number of hydrogen-bond donors (Lipinski definition) is 2. The van der Waals surface area contributed by atoms with Crippen LogP contribution in [0.3, 0.4) is 0 Å². The molecule has 1 unspecified atom stereocenters. The molecule has 0 aliphatic carbocycles. The van der Waals surface area contributed by atoms with Gasteiger partial charge >= 0.3 is 0 Å². The number of anilines is 1. The zero-order chi connectivity index (χ0) is 20.6. The molecule has 10 heteroatoms. The first-order valence-electron chi connectivity index (χ1n) is 9.38. The first-order chi connectivity index (χ1) is 13.8. The smallest absolute Gasteiger partial charge is 0.245 e. The van der Waals surface area contributed by atoms with Crippen molar-refractivity contribution >= 4 is 56.6 Å². The maximum absolute atomic E-state index is 12.9. The lowest BCUT2D eigenvalue weighted by molar-refractivity contribution is -0.118. The van der Waals surface area contributed by atoms with Crippen LogP contribution in [0.2, 0.25) is 5.02 Å². The molecule has 0 saturated carbocycles. The summed E-state index contributed by atoms with van der Waals surface area (Å²) >= 11 is 13.8. The fraction of sp³-hybridized carbons (Fsp3) is 0.421. The van der Waals surface area contributed by atoms with E-state index in [1.54, 1.807) is 11.0 Å². The molecule has 3 heterocycles. The number of nitrogens with zero attached hydrogens (tertiary/aromatic N) is 1. The van der Waals surface area contributed by atoms with Gasteiger partial charge in [-0.3, -0.25) is 4.79 Å². The molecule has 2 atom stereocenters. The van der Waals surface area contributed by atoms with Crippen LogP contribution in [0.4, 0.5) is 5.69 Å². The maximum atomic E-state index is 12.9. The second kappa shape index (κ2) is 8.61. The quantitative estimate of drug-likeness (QED) is 0.686. The number of benzene rings is 1. The zero-order valence-electron chi connectivity index (χ0n) is 15.5. The summed E-state index contributed by atoms with van der Waals surface area (Å²) in [6.07, 6.45) is 5.42. The van der Waals surface area contributed by atoms with E-state index in [0.717, 1.165) is 30.5 Å². The van der Waals surface area contributed by atoms with Gasteiger partial charge in [0.05, 0.1) is 15.1 Å². The van der Waals surface area contributed by atoms with E-state index in [-0.39, 0.29) is 11.2 Å². The number of sulfonamides is 1. The number of fused-ring (bicyclic) bond motifs is 1. The number of rotatable bonds is 5. The van der Waals surface area contributed by atoms with Gasteiger partial charge in [-0.1, -0.05) is 35.4 Å². The van der Waals surface area contributed by atoms with E-state index >= 15 is 0 Å². The van der Waals surface area contributed by atoms with Crippen molar-refractivity contribution in [3.63, 3.8) is 0 Å². The Morgan fingerprint density at radius 1 is 1.28 bits per heavy atom. The fourth-order valence-electron chi connectivity index (χ4n) is 3.72. The van der Waals surface area contributed by atoms with E-state index in [2.05, 4.69) is 10.0 Å². The first kappa shape index (κ1) is 21.2. The Morgan fingerprint density at radius 2 is 2.10 bits per heavy atom. The average molecular weight is 474 g/mol. The number of thioether (sulfide) groups is 1. The average Bonchev–Trinajstić information content (AvgIpc) is 3.25. The Balaban J connectivity index is 1.44. The minimum Gasteiger partial charge on any atom is -0.312 e. The molecule has 3 aliphatic rings. The van der Waals surface area contributed by atoms with Crippen molar-refractivity contribution in [1.29, 1.82) is 0 Å². The number of halogens is 2. The lowest BCUT2D eigenvalue weighted by Gasteiger charge is -2.23. The Kier molecular flexibility index (Phi) is 6.30. The zero-order valence-corrected chi connectivity index (χ0v) is 18.7. The molecule has 29 heavy (non-hydrogen) atoms. The molecule has 0 spiro atoms. The largest absolute Gasteiger partial charge is 0.312 e. The van der Waals surface area contributed by atoms with Crippen LogP contribution in [0.1, 0.15) is 24.0 Å². The molecule has 1 aromatic rings. The minimum absolute atomic E-state index is 0.00125. The van der Waals surface area contributed by atoms with Crippen molar-refractivity contribution in [3.8, 4) is 0 Å². The lowest BCUT2D eigenvalue weighted by atomic mass is 10.00. The van der Waals surface area contributed by atoms with Gasteiger partial charge in [-0.25, -0.2) is 8.42 Å². The minimum atomic E-state index is -3.73. The molecule has 3 aliphatic heterocycles. The standard InChI is InChI=1S/C19H21Cl2N3O3S2/c20-15-9-13-11-22-6-3-12(13)10-17(15)24-7-4-16(19(24)25)23-29(26,27)8-5-14-1-2-18(21)28-14/h2,5,8-10,14,16,22-23H,1,3-4,6-7,11H2/b8-5+/t14?,16-/m0/s1. The molecule has 4 rings (SSSR count). The second-order valence-electron chi connectivity index (χ2n) is 7.22. The van der Waals surface area contributed by atoms with Crippen molar-refractivity contribution in [1.82, 2.24) is 10.0 Å². The summed E-state index contributed by atoms with van der Waals surface area (Å²) in [6.45, 7) is 2.07. The van der Waals surface area contributed by atoms with Gasteiger partial charge < -0.3 is 10.2 Å². The summed E-state index contributed by atoms with van der Waals surface area (Å²) in [4.78, 5) is 14.5. The molecular weight excluding hydrogens is 453 g/mol. The Hall–Kier alpha value is -1.03. The van der Waals surface area contributed by atoms with Gasteiger partial charge in [0.1, 0.15) is 6.04 Å². The van der Waals surface area contributed by atoms with E-state index in [1.165, 1.54) is 17.3 Å². The third-order valence-electron chi connectivity index (χ3n) is 5.21. The highest BCUT2D eigenvalue weighted by atomic mass is 35.5. The molecule has 1 aromatic carbocycles. The SMILES string of the molecule is O=C1[C@@H](NS(=O)(=O)/C=C/C2CC=C(Cl)S2)CCN1c1cc2c(cc1Cl)CNCC2. The van der Waals surface area contributed by atoms with Gasteiger partial charge in [0.2, 0.25) is 15.9 Å². The van der Waals surface area contributed by atoms with Crippen molar-refractivity contribution in [2.45, 2.75) is 37.1 Å². The van der Waals surface area contributed by atoms with Gasteiger partial charge in [0, 0.05) is 23.7 Å². The molecule has 6 nitrogen and oxygen atoms in total. The topological polar surface area (TPSA) is 78.5 Å². The number of carbonyl (C=O) groups excluding carboxylic acids is 1. The van der Waals surface area contributed by atoms with Crippen LogP contribution in [0.5, 0.6) is 0 Å². The van der Waals surface area contributed by atoms with Crippen molar-refractivity contribution in [3.05, 3.63) is 50.2 Å². The Bertz CT molecular complexity index is 995. The molecule has 1 amide bonds. The molecule has 2 N–H and O–H groups in total. The van der Waals surface area contributed by atoms with Crippen LogP contribution in [0.25, 0.3) is 0 Å². The van der Waals surface area contributed by atoms with Crippen LogP contribution in [0, 0.1) is 0 Å². The highest BCUT2D eigenvalue weighted by Crippen LogP contribution is 2.36. The predicted molar refractivity (Wildman–Crippen MR) is 119 cm³/mol. The summed E-state index contributed by atoms with van der Waals surface area (Å²) in [5, 5.41) is 4.93. The van der Waals surface area contributed by atoms with Crippen LogP contribution < -0.4 is 14.9 Å². The van der Waals surface area contributed by atoms with Crippen LogP contribution >= 0.6 is 35.0 Å². The van der Waals surface area contributed by atoms with E-state index in [4.69, 9.17) is 23.2 Å². The second-order valence-corrected chi connectivity index (χ2v) is 11.1. The van der Waals surface area contributed by atoms with Gasteiger partial charge in [0.15, 0.2) is 0 Å². The molecule has 1 saturated heterocycles. The van der Waals surface area contributed by atoms with E-state index < -0.39 is 16.1 Å². The van der Waals surface area contributed by atoms with Gasteiger partial charge in [0.25, 0.3) is 0 Å². The maximum Gasteiger partial charge on any atom is 0.245 e. The van der Waals surface area contributed by atoms with Gasteiger partial charge in [-0.15, -0.1) is 11.8 Å². The Morgan fingerprint density at radius 3 is 2.86 bits per heavy atom. The summed E-state index contributed by atoms with van der Waals surface area (Å²) in [7, 11) is -3.73. The molecule has 0 bridgehead atoms. The number of amides is 1. The summed E-state index contributed by atoms with van der Waals surface area (Å²) in [5.41, 5.74) is 2.96. The third-order valence-corrected chi connectivity index (χ3v) is 8.10. The van der Waals surface area contributed by atoms with E-state index in [1.807, 2.05) is 18.2 Å². The third kappa shape index (κ3) is 4.84. The highest BCUT2D eigenvalue weighted by molar-refractivity contribution is 8.05. The molecular formula is C19H21Cl2N3O3S2. The number of nitrogens with one attached hydrogen (secondary N) is 2. The van der Waals surface area contributed by atoms with Gasteiger partial charge in [-0.05, 0) is 49.1 Å². The summed E-state index contributed by atoms with van der Waals surface area (Å²) in [5.74, 6) is -0.280. The highest BCUT2D eigenvalue weighted by Gasteiger charge is 2.36. The Labute approximate surface area is 184 Å². The summed E-state index contributed by atoms with van der Waals surface area (Å²) in [6, 6.07) is 3.06. The predicted octanol–water partition coefficient (Wildman–Crippen LogP) is 3.11. The van der Waals surface area contributed by atoms with E-state index in [0.29, 0.717) is 34.5 Å². The van der Waals surface area contributed by atoms with Crippen molar-refractivity contribution in [2.75, 3.05) is 18.0 Å². The monoisotopic (exact) mass is 473 g/mol. The van der Waals surface area contributed by atoms with Crippen molar-refractivity contribution < 1.29 is 13.2 Å². The lowest BCUT2D eigenvalue weighted by Crippen LogP contribution is -2.41. The van der Waals surface area contributed by atoms with Crippen LogP contribution in [0.15, 0.2) is 34.1 Å². The van der Waals surface area contributed by atoms with Gasteiger partial charge in [-0.2, -0.15) is 4.72 Å². The van der Waals surface area contributed by atoms with Crippen molar-refractivity contribution in [2.24, 2.45) is 0 Å².